The van der Waals surface area contributed by atoms with Crippen LogP contribution in [0.5, 0.6) is 0 Å². The zero-order valence-electron chi connectivity index (χ0n) is 10.5. The first-order valence-electron chi connectivity index (χ1n) is 5.42. The minimum atomic E-state index is -1.86. The Kier molecular flexibility index (Phi) is 12.3. The fourth-order valence-electron chi connectivity index (χ4n) is 1.44. The predicted octanol–water partition coefficient (Wildman–Crippen LogP) is 1.73. The third-order valence-electron chi connectivity index (χ3n) is 2.48. The minimum absolute atomic E-state index is 0. The highest BCUT2D eigenvalue weighted by atomic mass is 28.4. The van der Waals surface area contributed by atoms with E-state index in [4.69, 9.17) is 13.6 Å². The second kappa shape index (κ2) is 10.6. The van der Waals surface area contributed by atoms with Crippen molar-refractivity contribution in [2.45, 2.75) is 38.8 Å². The Morgan fingerprint density at radius 1 is 1.00 bits per heavy atom. The highest BCUT2D eigenvalue weighted by Gasteiger charge is 2.32. The van der Waals surface area contributed by atoms with E-state index in [1.54, 1.807) is 14.2 Å². The third-order valence-corrected chi connectivity index (χ3v) is 6.16. The summed E-state index contributed by atoms with van der Waals surface area (Å²) in [5.74, 6) is 0. The molecule has 0 saturated heterocycles. The zero-order valence-corrected chi connectivity index (χ0v) is 11.5. The molecule has 0 aromatic rings. The highest BCUT2D eigenvalue weighted by molar-refractivity contribution is 6.67. The molecule has 0 spiro atoms. The summed E-state index contributed by atoms with van der Waals surface area (Å²) in [5, 5.41) is 0. The molecule has 0 fully saturated rings. The maximum absolute atomic E-state index is 5.50. The van der Waals surface area contributed by atoms with Gasteiger partial charge in [0, 0.05) is 27.4 Å². The Labute approximate surface area is 94.5 Å². The molecule has 94 valence electrons. The van der Waals surface area contributed by atoms with Crippen LogP contribution >= 0.6 is 0 Å². The smallest absolute Gasteiger partial charge is 0.337 e. The SMILES string of the molecule is CCCOCCC[Si](CC)(OC)OC.O. The van der Waals surface area contributed by atoms with E-state index in [0.29, 0.717) is 0 Å². The molecule has 0 saturated carbocycles. The van der Waals surface area contributed by atoms with E-state index in [1.165, 1.54) is 0 Å². The fraction of sp³-hybridized carbons (Fsp3) is 1.00. The summed E-state index contributed by atoms with van der Waals surface area (Å²) in [6, 6.07) is 2.04. The van der Waals surface area contributed by atoms with Crippen LogP contribution in [-0.2, 0) is 13.6 Å². The van der Waals surface area contributed by atoms with Crippen LogP contribution in [0.1, 0.15) is 26.7 Å². The van der Waals surface area contributed by atoms with E-state index in [0.717, 1.165) is 38.1 Å². The van der Waals surface area contributed by atoms with Gasteiger partial charge in [-0.2, -0.15) is 0 Å². The first-order valence-corrected chi connectivity index (χ1v) is 7.65. The molecule has 0 aliphatic carbocycles. The van der Waals surface area contributed by atoms with Crippen LogP contribution in [-0.4, -0.2) is 41.5 Å². The summed E-state index contributed by atoms with van der Waals surface area (Å²) in [6.07, 6.45) is 2.13. The molecule has 0 atom stereocenters. The summed E-state index contributed by atoms with van der Waals surface area (Å²) < 4.78 is 16.4. The number of hydrogen-bond acceptors (Lipinski definition) is 3. The van der Waals surface area contributed by atoms with E-state index in [2.05, 4.69) is 13.8 Å². The maximum Gasteiger partial charge on any atom is 0.337 e. The molecule has 0 heterocycles. The van der Waals surface area contributed by atoms with Gasteiger partial charge in [-0.05, 0) is 24.9 Å². The average molecular weight is 238 g/mol. The summed E-state index contributed by atoms with van der Waals surface area (Å²) in [7, 11) is 1.65. The molecule has 0 aromatic carbocycles. The van der Waals surface area contributed by atoms with E-state index in [9.17, 15) is 0 Å². The van der Waals surface area contributed by atoms with Crippen molar-refractivity contribution in [3.8, 4) is 0 Å². The molecule has 0 rings (SSSR count). The largest absolute Gasteiger partial charge is 0.412 e. The minimum Gasteiger partial charge on any atom is -0.412 e. The monoisotopic (exact) mass is 238 g/mol. The summed E-state index contributed by atoms with van der Waals surface area (Å²) >= 11 is 0. The molecule has 0 amide bonds. The molecule has 5 heteroatoms. The summed E-state index contributed by atoms with van der Waals surface area (Å²) in [5.41, 5.74) is 0. The molecule has 0 aromatic heterocycles. The van der Waals surface area contributed by atoms with Gasteiger partial charge in [0.15, 0.2) is 0 Å². The van der Waals surface area contributed by atoms with Crippen molar-refractivity contribution in [3.63, 3.8) is 0 Å². The Morgan fingerprint density at radius 3 is 2.00 bits per heavy atom. The van der Waals surface area contributed by atoms with Gasteiger partial charge >= 0.3 is 8.56 Å². The van der Waals surface area contributed by atoms with Gasteiger partial charge in [-0.3, -0.25) is 0 Å². The lowest BCUT2D eigenvalue weighted by molar-refractivity contribution is 0.132. The Hall–Kier alpha value is 0.0569. The second-order valence-corrected chi connectivity index (χ2v) is 7.23. The van der Waals surface area contributed by atoms with Crippen LogP contribution in [0.4, 0.5) is 0 Å². The Morgan fingerprint density at radius 2 is 1.60 bits per heavy atom. The van der Waals surface area contributed by atoms with Crippen molar-refractivity contribution in [2.75, 3.05) is 27.4 Å². The maximum atomic E-state index is 5.50. The van der Waals surface area contributed by atoms with Gasteiger partial charge in [-0.1, -0.05) is 13.8 Å². The van der Waals surface area contributed by atoms with Crippen molar-refractivity contribution >= 4 is 8.56 Å². The molecule has 0 unspecified atom stereocenters. The molecule has 2 N–H and O–H groups in total. The zero-order chi connectivity index (χ0) is 10.9. The van der Waals surface area contributed by atoms with E-state index in [1.807, 2.05) is 0 Å². The first kappa shape index (κ1) is 17.5. The number of rotatable bonds is 9. The van der Waals surface area contributed by atoms with Crippen LogP contribution < -0.4 is 0 Å². The average Bonchev–Trinajstić information content (AvgIpc) is 2.24. The van der Waals surface area contributed by atoms with Gasteiger partial charge in [0.2, 0.25) is 0 Å². The van der Waals surface area contributed by atoms with Crippen molar-refractivity contribution in [3.05, 3.63) is 0 Å². The van der Waals surface area contributed by atoms with Crippen LogP contribution in [0.2, 0.25) is 12.1 Å². The Balaban J connectivity index is 0. The lowest BCUT2D eigenvalue weighted by atomic mass is 10.5. The molecule has 0 aliphatic rings. The molecular formula is C10H26O4Si. The van der Waals surface area contributed by atoms with Gasteiger partial charge in [-0.25, -0.2) is 0 Å². The van der Waals surface area contributed by atoms with Gasteiger partial charge < -0.3 is 19.1 Å². The van der Waals surface area contributed by atoms with Crippen molar-refractivity contribution in [2.24, 2.45) is 0 Å². The fourth-order valence-corrected chi connectivity index (χ4v) is 3.63. The molecule has 0 bridgehead atoms. The topological polar surface area (TPSA) is 59.2 Å². The van der Waals surface area contributed by atoms with Gasteiger partial charge in [0.05, 0.1) is 0 Å². The molecule has 0 aliphatic heterocycles. The lowest BCUT2D eigenvalue weighted by Crippen LogP contribution is -2.39. The quantitative estimate of drug-likeness (QED) is 0.454. The van der Waals surface area contributed by atoms with E-state index >= 15 is 0 Å². The molecule has 15 heavy (non-hydrogen) atoms. The Bertz CT molecular complexity index is 120. The van der Waals surface area contributed by atoms with Crippen LogP contribution in [0, 0.1) is 0 Å². The summed E-state index contributed by atoms with van der Waals surface area (Å²) in [4.78, 5) is 0. The molecular weight excluding hydrogens is 212 g/mol. The number of hydrogen-bond donors (Lipinski definition) is 0. The van der Waals surface area contributed by atoms with Crippen molar-refractivity contribution in [1.29, 1.82) is 0 Å². The molecule has 4 nitrogen and oxygen atoms in total. The van der Waals surface area contributed by atoms with Gasteiger partial charge in [0.1, 0.15) is 0 Å². The normalized spacial score (nSPS) is 11.2. The van der Waals surface area contributed by atoms with Crippen LogP contribution in [0.25, 0.3) is 0 Å². The van der Waals surface area contributed by atoms with Gasteiger partial charge in [-0.15, -0.1) is 0 Å². The van der Waals surface area contributed by atoms with E-state index < -0.39 is 8.56 Å². The lowest BCUT2D eigenvalue weighted by Gasteiger charge is -2.25. The van der Waals surface area contributed by atoms with Crippen molar-refractivity contribution in [1.82, 2.24) is 0 Å². The first-order chi connectivity index (χ1) is 6.74. The molecule has 0 radical (unpaired) electrons. The standard InChI is InChI=1S/C10H24O3Si.H2O/c1-5-8-13-9-7-10-14(6-2,11-3)12-4;/h5-10H2,1-4H3;1H2. The highest BCUT2D eigenvalue weighted by Crippen LogP contribution is 2.18. The number of ether oxygens (including phenoxy) is 1. The summed E-state index contributed by atoms with van der Waals surface area (Å²) in [6.45, 7) is 5.94. The second-order valence-electron chi connectivity index (χ2n) is 3.39. The predicted molar refractivity (Wildman–Crippen MR) is 64.4 cm³/mol. The van der Waals surface area contributed by atoms with Crippen molar-refractivity contribution < 1.29 is 19.1 Å². The van der Waals surface area contributed by atoms with Crippen LogP contribution in [0.3, 0.4) is 0 Å². The van der Waals surface area contributed by atoms with Gasteiger partial charge in [0.25, 0.3) is 0 Å². The van der Waals surface area contributed by atoms with E-state index in [-0.39, 0.29) is 5.48 Å². The third kappa shape index (κ3) is 7.02. The van der Waals surface area contributed by atoms with Crippen LogP contribution in [0.15, 0.2) is 0 Å².